The largest absolute Gasteiger partial charge is 0.496 e. The minimum atomic E-state index is -0.487. The van der Waals surface area contributed by atoms with Crippen LogP contribution in [0.1, 0.15) is 0 Å². The monoisotopic (exact) mass is 483 g/mol. The fourth-order valence-electron chi connectivity index (χ4n) is 3.47. The number of benzene rings is 3. The maximum absolute atomic E-state index is 14.3. The lowest BCUT2D eigenvalue weighted by molar-refractivity contribution is 0.386. The van der Waals surface area contributed by atoms with Crippen molar-refractivity contribution in [3.05, 3.63) is 71.3 Å². The molecule has 0 saturated carbocycles. The molecule has 0 aliphatic carbocycles. The topological polar surface area (TPSA) is 53.7 Å². The number of rotatable bonds is 6. The Bertz CT molecular complexity index is 1220. The van der Waals surface area contributed by atoms with E-state index in [9.17, 15) is 4.39 Å². The van der Waals surface area contributed by atoms with E-state index in [4.69, 9.17) is 18.6 Å². The first kappa shape index (κ1) is 20.9. The van der Waals surface area contributed by atoms with Gasteiger partial charge in [0.2, 0.25) is 0 Å². The number of hydrogen-bond acceptors (Lipinski definition) is 5. The van der Waals surface area contributed by atoms with E-state index in [1.54, 1.807) is 26.4 Å². The Kier molecular flexibility index (Phi) is 5.95. The zero-order valence-electron chi connectivity index (χ0n) is 17.1. The first-order valence-corrected chi connectivity index (χ1v) is 10.2. The number of halogens is 2. The van der Waals surface area contributed by atoms with Crippen LogP contribution in [0.5, 0.6) is 17.2 Å². The second kappa shape index (κ2) is 8.81. The summed E-state index contributed by atoms with van der Waals surface area (Å²) in [5.74, 6) is 1.27. The first-order valence-electron chi connectivity index (χ1n) is 9.36. The standard InChI is InChI=1S/C24H19BrFNO4/c1-28-18-10-9-15(11-17(18)26)22-24(31-13-27-22)16-12-19(29-2)20(21(25)23(16)30-3)14-7-5-4-6-8-14/h4-13H,1-3H3. The van der Waals surface area contributed by atoms with Crippen LogP contribution in [0.3, 0.4) is 0 Å². The molecule has 31 heavy (non-hydrogen) atoms. The van der Waals surface area contributed by atoms with Crippen LogP contribution < -0.4 is 14.2 Å². The molecule has 0 fully saturated rings. The minimum Gasteiger partial charge on any atom is -0.496 e. The van der Waals surface area contributed by atoms with E-state index in [1.165, 1.54) is 19.6 Å². The van der Waals surface area contributed by atoms with Crippen LogP contribution in [0.2, 0.25) is 0 Å². The zero-order valence-corrected chi connectivity index (χ0v) is 18.7. The summed E-state index contributed by atoms with van der Waals surface area (Å²) in [5, 5.41) is 0. The molecular formula is C24H19BrFNO4. The molecule has 0 atom stereocenters. The number of oxazole rings is 1. The van der Waals surface area contributed by atoms with E-state index in [2.05, 4.69) is 20.9 Å². The Morgan fingerprint density at radius 3 is 2.26 bits per heavy atom. The second-order valence-electron chi connectivity index (χ2n) is 6.59. The van der Waals surface area contributed by atoms with E-state index >= 15 is 0 Å². The van der Waals surface area contributed by atoms with Crippen molar-refractivity contribution in [3.8, 4) is 51.0 Å². The SMILES string of the molecule is COc1ccc(-c2ncoc2-c2cc(OC)c(-c3ccccc3)c(Br)c2OC)cc1F. The normalized spacial score (nSPS) is 10.7. The molecule has 158 valence electrons. The summed E-state index contributed by atoms with van der Waals surface area (Å²) < 4.78 is 37.2. The number of hydrogen-bond donors (Lipinski definition) is 0. The van der Waals surface area contributed by atoms with Gasteiger partial charge in [-0.3, -0.25) is 0 Å². The third-order valence-electron chi connectivity index (χ3n) is 4.91. The zero-order chi connectivity index (χ0) is 22.0. The van der Waals surface area contributed by atoms with E-state index in [0.717, 1.165) is 11.1 Å². The molecule has 7 heteroatoms. The highest BCUT2D eigenvalue weighted by Gasteiger charge is 2.25. The molecule has 4 rings (SSSR count). The molecule has 0 saturated heterocycles. The van der Waals surface area contributed by atoms with Crippen LogP contribution in [0.4, 0.5) is 4.39 Å². The van der Waals surface area contributed by atoms with Gasteiger partial charge in [-0.1, -0.05) is 30.3 Å². The predicted octanol–water partition coefficient (Wildman–Crippen LogP) is 6.60. The predicted molar refractivity (Wildman–Crippen MR) is 120 cm³/mol. The van der Waals surface area contributed by atoms with Gasteiger partial charge < -0.3 is 18.6 Å². The average molecular weight is 484 g/mol. The Balaban J connectivity index is 1.92. The number of methoxy groups -OCH3 is 3. The molecule has 0 bridgehead atoms. The molecule has 0 N–H and O–H groups in total. The van der Waals surface area contributed by atoms with E-state index < -0.39 is 5.82 Å². The highest BCUT2D eigenvalue weighted by molar-refractivity contribution is 9.10. The van der Waals surface area contributed by atoms with Crippen molar-refractivity contribution in [1.29, 1.82) is 0 Å². The summed E-state index contributed by atoms with van der Waals surface area (Å²) in [6.07, 6.45) is 1.32. The summed E-state index contributed by atoms with van der Waals surface area (Å²) in [6.45, 7) is 0. The van der Waals surface area contributed by atoms with Gasteiger partial charge in [0.25, 0.3) is 0 Å². The molecule has 0 amide bonds. The van der Waals surface area contributed by atoms with Crippen molar-refractivity contribution in [2.75, 3.05) is 21.3 Å². The number of nitrogens with zero attached hydrogens (tertiary/aromatic N) is 1. The van der Waals surface area contributed by atoms with Crippen molar-refractivity contribution in [2.45, 2.75) is 0 Å². The fourth-order valence-corrected chi connectivity index (χ4v) is 4.27. The summed E-state index contributed by atoms with van der Waals surface area (Å²) >= 11 is 3.67. The second-order valence-corrected chi connectivity index (χ2v) is 7.39. The number of aromatic nitrogens is 1. The summed E-state index contributed by atoms with van der Waals surface area (Å²) in [4.78, 5) is 4.31. The molecule has 1 aromatic heterocycles. The van der Waals surface area contributed by atoms with E-state index in [0.29, 0.717) is 38.6 Å². The first-order chi connectivity index (χ1) is 15.1. The summed E-state index contributed by atoms with van der Waals surface area (Å²) in [7, 11) is 4.60. The van der Waals surface area contributed by atoms with E-state index in [1.807, 2.05) is 36.4 Å². The van der Waals surface area contributed by atoms with Gasteiger partial charge >= 0.3 is 0 Å². The van der Waals surface area contributed by atoms with Crippen molar-refractivity contribution in [1.82, 2.24) is 4.98 Å². The van der Waals surface area contributed by atoms with Gasteiger partial charge in [-0.15, -0.1) is 0 Å². The van der Waals surface area contributed by atoms with Gasteiger partial charge in [0.05, 0.1) is 31.4 Å². The third-order valence-corrected chi connectivity index (χ3v) is 5.67. The van der Waals surface area contributed by atoms with Gasteiger partial charge in [0.15, 0.2) is 23.7 Å². The van der Waals surface area contributed by atoms with Gasteiger partial charge in [-0.25, -0.2) is 9.37 Å². The molecule has 0 unspecified atom stereocenters. The van der Waals surface area contributed by atoms with E-state index in [-0.39, 0.29) is 5.75 Å². The Morgan fingerprint density at radius 2 is 1.61 bits per heavy atom. The molecule has 0 aliphatic heterocycles. The van der Waals surface area contributed by atoms with Gasteiger partial charge in [-0.2, -0.15) is 0 Å². The minimum absolute atomic E-state index is 0.156. The Labute approximate surface area is 187 Å². The van der Waals surface area contributed by atoms with Crippen LogP contribution in [0.15, 0.2) is 69.9 Å². The molecule has 4 aromatic rings. The van der Waals surface area contributed by atoms with Crippen LogP contribution in [0.25, 0.3) is 33.7 Å². The maximum atomic E-state index is 14.3. The highest BCUT2D eigenvalue weighted by Crippen LogP contribution is 2.49. The number of ether oxygens (including phenoxy) is 3. The van der Waals surface area contributed by atoms with Crippen LogP contribution in [0, 0.1) is 5.82 Å². The molecule has 3 aromatic carbocycles. The van der Waals surface area contributed by atoms with Crippen LogP contribution in [-0.2, 0) is 0 Å². The molecule has 0 spiro atoms. The van der Waals surface area contributed by atoms with Crippen molar-refractivity contribution in [3.63, 3.8) is 0 Å². The van der Waals surface area contributed by atoms with Gasteiger partial charge in [0.1, 0.15) is 17.2 Å². The maximum Gasteiger partial charge on any atom is 0.182 e. The molecule has 1 heterocycles. The molecule has 5 nitrogen and oxygen atoms in total. The lowest BCUT2D eigenvalue weighted by Gasteiger charge is -2.17. The molecule has 0 radical (unpaired) electrons. The molecule has 0 aliphatic rings. The van der Waals surface area contributed by atoms with Crippen molar-refractivity contribution >= 4 is 15.9 Å². The summed E-state index contributed by atoms with van der Waals surface area (Å²) in [6, 6.07) is 16.3. The lowest BCUT2D eigenvalue weighted by Crippen LogP contribution is -1.97. The highest BCUT2D eigenvalue weighted by atomic mass is 79.9. The van der Waals surface area contributed by atoms with Gasteiger partial charge in [0, 0.05) is 11.1 Å². The van der Waals surface area contributed by atoms with Crippen LogP contribution >= 0.6 is 15.9 Å². The van der Waals surface area contributed by atoms with Crippen molar-refractivity contribution in [2.24, 2.45) is 0 Å². The van der Waals surface area contributed by atoms with Crippen molar-refractivity contribution < 1.29 is 23.0 Å². The molecular weight excluding hydrogens is 465 g/mol. The fraction of sp³-hybridized carbons (Fsp3) is 0.125. The smallest absolute Gasteiger partial charge is 0.182 e. The average Bonchev–Trinajstić information content (AvgIpc) is 3.28. The van der Waals surface area contributed by atoms with Crippen LogP contribution in [-0.4, -0.2) is 26.3 Å². The Morgan fingerprint density at radius 1 is 0.871 bits per heavy atom. The third kappa shape index (κ3) is 3.77. The quantitative estimate of drug-likeness (QED) is 0.309. The lowest BCUT2D eigenvalue weighted by atomic mass is 9.98. The summed E-state index contributed by atoms with van der Waals surface area (Å²) in [5.41, 5.74) is 3.45. The van der Waals surface area contributed by atoms with Gasteiger partial charge in [-0.05, 0) is 45.8 Å². The Hall–Kier alpha value is -3.32.